The van der Waals surface area contributed by atoms with Gasteiger partial charge in [0.05, 0.1) is 6.04 Å². The molecule has 72 valence electrons. The third-order valence-corrected chi connectivity index (χ3v) is 1.35. The van der Waals surface area contributed by atoms with Crippen molar-refractivity contribution in [2.45, 2.75) is 25.4 Å². The molecule has 13 heavy (non-hydrogen) atoms. The van der Waals surface area contributed by atoms with E-state index in [-0.39, 0.29) is 6.42 Å². The number of carboxylic acid groups (broad SMARTS) is 1. The van der Waals surface area contributed by atoms with Crippen molar-refractivity contribution in [3.05, 3.63) is 0 Å². The number of carboxylic acids is 1. The Hall–Kier alpha value is -1.54. The number of terminal acetylenes is 1. The number of carbonyl (C=O) groups is 2. The van der Waals surface area contributed by atoms with Crippen molar-refractivity contribution in [3.63, 3.8) is 0 Å². The monoisotopic (exact) mass is 184 g/mol. The maximum Gasteiger partial charge on any atom is 0.327 e. The summed E-state index contributed by atoms with van der Waals surface area (Å²) >= 11 is 0. The van der Waals surface area contributed by atoms with Gasteiger partial charge in [0.2, 0.25) is 5.91 Å². The lowest BCUT2D eigenvalue weighted by Gasteiger charge is -2.13. The lowest BCUT2D eigenvalue weighted by Crippen LogP contribution is -2.47. The summed E-state index contributed by atoms with van der Waals surface area (Å²) in [5.74, 6) is 0.471. The van der Waals surface area contributed by atoms with Crippen LogP contribution in [-0.2, 0) is 9.59 Å². The highest BCUT2D eigenvalue weighted by molar-refractivity contribution is 5.86. The largest absolute Gasteiger partial charge is 0.480 e. The van der Waals surface area contributed by atoms with E-state index in [4.69, 9.17) is 17.3 Å². The van der Waals surface area contributed by atoms with Crippen LogP contribution < -0.4 is 11.1 Å². The third kappa shape index (κ3) is 4.13. The van der Waals surface area contributed by atoms with E-state index in [0.717, 1.165) is 0 Å². The molecule has 0 saturated carbocycles. The van der Waals surface area contributed by atoms with Gasteiger partial charge in [0, 0.05) is 6.42 Å². The molecule has 5 nitrogen and oxygen atoms in total. The quantitative estimate of drug-likeness (QED) is 0.485. The van der Waals surface area contributed by atoms with Gasteiger partial charge in [-0.2, -0.15) is 0 Å². The Balaban J connectivity index is 4.20. The number of carbonyl (C=O) groups excluding carboxylic acids is 1. The van der Waals surface area contributed by atoms with E-state index >= 15 is 0 Å². The van der Waals surface area contributed by atoms with Crippen LogP contribution in [-0.4, -0.2) is 29.1 Å². The van der Waals surface area contributed by atoms with Crippen LogP contribution in [0.25, 0.3) is 0 Å². The van der Waals surface area contributed by atoms with E-state index in [2.05, 4.69) is 11.2 Å². The molecule has 4 N–H and O–H groups in total. The van der Waals surface area contributed by atoms with Crippen molar-refractivity contribution < 1.29 is 14.7 Å². The molecule has 0 rings (SSSR count). The Morgan fingerprint density at radius 1 is 1.69 bits per heavy atom. The van der Waals surface area contributed by atoms with Crippen LogP contribution >= 0.6 is 0 Å². The third-order valence-electron chi connectivity index (χ3n) is 1.35. The van der Waals surface area contributed by atoms with E-state index in [1.165, 1.54) is 6.92 Å². The van der Waals surface area contributed by atoms with E-state index < -0.39 is 24.0 Å². The van der Waals surface area contributed by atoms with E-state index in [1.54, 1.807) is 0 Å². The molecule has 2 atom stereocenters. The average molecular weight is 184 g/mol. The summed E-state index contributed by atoms with van der Waals surface area (Å²) in [6.07, 6.45) is 4.88. The number of nitrogens with two attached hydrogens (primary N) is 1. The molecule has 0 radical (unpaired) electrons. The second-order valence-electron chi connectivity index (χ2n) is 2.60. The van der Waals surface area contributed by atoms with Crippen LogP contribution in [0.5, 0.6) is 0 Å². The molecule has 0 fully saturated rings. The Bertz CT molecular complexity index is 242. The standard InChI is InChI=1S/C8H12N2O3/c1-3-4-6(8(12)13)10-7(11)5(2)9/h1,5-6H,4,9H2,2H3,(H,10,11)(H,12,13)/t5-,6?/m1/s1. The Morgan fingerprint density at radius 3 is 2.54 bits per heavy atom. The molecule has 5 heteroatoms. The summed E-state index contributed by atoms with van der Waals surface area (Å²) < 4.78 is 0. The summed E-state index contributed by atoms with van der Waals surface area (Å²) in [4.78, 5) is 21.5. The van der Waals surface area contributed by atoms with Crippen LogP contribution in [0.2, 0.25) is 0 Å². The fourth-order valence-electron chi connectivity index (χ4n) is 0.621. The Labute approximate surface area is 76.3 Å². The first kappa shape index (κ1) is 11.5. The maximum atomic E-state index is 11.0. The van der Waals surface area contributed by atoms with Gasteiger partial charge < -0.3 is 16.2 Å². The van der Waals surface area contributed by atoms with Gasteiger partial charge in [-0.25, -0.2) is 4.79 Å². The first-order chi connectivity index (χ1) is 5.99. The summed E-state index contributed by atoms with van der Waals surface area (Å²) in [6.45, 7) is 1.46. The molecule has 0 spiro atoms. The average Bonchev–Trinajstić information content (AvgIpc) is 2.03. The summed E-state index contributed by atoms with van der Waals surface area (Å²) in [6, 6.07) is -1.79. The van der Waals surface area contributed by atoms with Gasteiger partial charge >= 0.3 is 5.97 Å². The predicted octanol–water partition coefficient (Wildman–Crippen LogP) is -1.07. The SMILES string of the molecule is C#CCC(NC(=O)[C@@H](C)N)C(=O)O. The molecular formula is C8H12N2O3. The number of rotatable bonds is 4. The van der Waals surface area contributed by atoms with Crippen LogP contribution in [0.4, 0.5) is 0 Å². The van der Waals surface area contributed by atoms with Crippen LogP contribution in [0.15, 0.2) is 0 Å². The summed E-state index contributed by atoms with van der Waals surface area (Å²) in [5, 5.41) is 10.8. The van der Waals surface area contributed by atoms with Crippen molar-refractivity contribution >= 4 is 11.9 Å². The fraction of sp³-hybridized carbons (Fsp3) is 0.500. The maximum absolute atomic E-state index is 11.0. The number of hydrogen-bond acceptors (Lipinski definition) is 3. The number of amides is 1. The zero-order valence-electron chi connectivity index (χ0n) is 7.28. The zero-order valence-corrected chi connectivity index (χ0v) is 7.28. The second kappa shape index (κ2) is 5.17. The fourth-order valence-corrected chi connectivity index (χ4v) is 0.621. The van der Waals surface area contributed by atoms with Crippen molar-refractivity contribution in [2.75, 3.05) is 0 Å². The highest BCUT2D eigenvalue weighted by Crippen LogP contribution is 1.91. The molecule has 0 aromatic carbocycles. The van der Waals surface area contributed by atoms with Crippen molar-refractivity contribution in [3.8, 4) is 12.3 Å². The van der Waals surface area contributed by atoms with Gasteiger partial charge in [0.15, 0.2) is 0 Å². The van der Waals surface area contributed by atoms with E-state index in [0.29, 0.717) is 0 Å². The lowest BCUT2D eigenvalue weighted by atomic mass is 10.2. The smallest absolute Gasteiger partial charge is 0.327 e. The van der Waals surface area contributed by atoms with Crippen LogP contribution in [0.1, 0.15) is 13.3 Å². The number of nitrogens with one attached hydrogen (secondary N) is 1. The van der Waals surface area contributed by atoms with E-state index in [9.17, 15) is 9.59 Å². The molecule has 0 aromatic heterocycles. The Morgan fingerprint density at radius 2 is 2.23 bits per heavy atom. The molecule has 0 aromatic rings. The highest BCUT2D eigenvalue weighted by Gasteiger charge is 2.19. The van der Waals surface area contributed by atoms with Crippen LogP contribution in [0, 0.1) is 12.3 Å². The van der Waals surface area contributed by atoms with Crippen molar-refractivity contribution in [1.82, 2.24) is 5.32 Å². The zero-order chi connectivity index (χ0) is 10.4. The molecular weight excluding hydrogens is 172 g/mol. The second-order valence-corrected chi connectivity index (χ2v) is 2.60. The van der Waals surface area contributed by atoms with Crippen LogP contribution in [0.3, 0.4) is 0 Å². The molecule has 0 aliphatic heterocycles. The number of aliphatic carboxylic acids is 1. The molecule has 0 saturated heterocycles. The molecule has 0 aliphatic carbocycles. The van der Waals surface area contributed by atoms with Gasteiger partial charge in [0.25, 0.3) is 0 Å². The molecule has 0 heterocycles. The minimum Gasteiger partial charge on any atom is -0.480 e. The van der Waals surface area contributed by atoms with Gasteiger partial charge in [-0.1, -0.05) is 0 Å². The van der Waals surface area contributed by atoms with Crippen molar-refractivity contribution in [2.24, 2.45) is 5.73 Å². The van der Waals surface area contributed by atoms with Gasteiger partial charge in [-0.05, 0) is 6.92 Å². The molecule has 1 amide bonds. The van der Waals surface area contributed by atoms with Gasteiger partial charge in [-0.3, -0.25) is 4.79 Å². The molecule has 0 bridgehead atoms. The minimum atomic E-state index is -1.16. The molecule has 0 aliphatic rings. The number of hydrogen-bond donors (Lipinski definition) is 3. The lowest BCUT2D eigenvalue weighted by molar-refractivity contribution is -0.141. The highest BCUT2D eigenvalue weighted by atomic mass is 16.4. The first-order valence-corrected chi connectivity index (χ1v) is 3.71. The van der Waals surface area contributed by atoms with Crippen molar-refractivity contribution in [1.29, 1.82) is 0 Å². The summed E-state index contributed by atoms with van der Waals surface area (Å²) in [7, 11) is 0. The van der Waals surface area contributed by atoms with Gasteiger partial charge in [0.1, 0.15) is 6.04 Å². The summed E-state index contributed by atoms with van der Waals surface area (Å²) in [5.41, 5.74) is 5.22. The first-order valence-electron chi connectivity index (χ1n) is 3.71. The van der Waals surface area contributed by atoms with E-state index in [1.807, 2.05) is 0 Å². The normalized spacial score (nSPS) is 13.9. The predicted molar refractivity (Wildman–Crippen MR) is 46.7 cm³/mol. The topological polar surface area (TPSA) is 92.4 Å². The Kier molecular flexibility index (Phi) is 4.55. The van der Waals surface area contributed by atoms with Gasteiger partial charge in [-0.15, -0.1) is 12.3 Å². The molecule has 1 unspecified atom stereocenters. The minimum absolute atomic E-state index is 0.0478.